The largest absolute Gasteiger partial charge is 0.326 e. The van der Waals surface area contributed by atoms with Crippen LogP contribution in [0.4, 0.5) is 5.69 Å². The third-order valence-corrected chi connectivity index (χ3v) is 8.58. The lowest BCUT2D eigenvalue weighted by molar-refractivity contribution is -0.115. The van der Waals surface area contributed by atoms with E-state index >= 15 is 0 Å². The van der Waals surface area contributed by atoms with E-state index in [0.717, 1.165) is 41.0 Å². The molecule has 0 fully saturated rings. The van der Waals surface area contributed by atoms with E-state index in [-0.39, 0.29) is 23.0 Å². The van der Waals surface area contributed by atoms with Gasteiger partial charge >= 0.3 is 0 Å². The number of fused-ring (bicyclic) bond motifs is 1. The second kappa shape index (κ2) is 11.3. The van der Waals surface area contributed by atoms with Crippen molar-refractivity contribution in [2.45, 2.75) is 38.1 Å². The number of hydrogen-bond donors (Lipinski definition) is 1. The molecule has 0 spiro atoms. The van der Waals surface area contributed by atoms with Gasteiger partial charge in [0.2, 0.25) is 5.91 Å². The number of imidazole rings is 1. The number of aromatic nitrogens is 2. The van der Waals surface area contributed by atoms with Gasteiger partial charge in [-0.2, -0.15) is 0 Å². The van der Waals surface area contributed by atoms with Gasteiger partial charge in [0.25, 0.3) is 0 Å². The molecule has 39 heavy (non-hydrogen) atoms. The number of carbonyl (C=O) groups is 1. The van der Waals surface area contributed by atoms with E-state index in [0.29, 0.717) is 5.69 Å². The summed E-state index contributed by atoms with van der Waals surface area (Å²) >= 11 is 0. The highest BCUT2D eigenvalue weighted by Crippen LogP contribution is 2.27. The fraction of sp³-hybridized carbons (Fsp3) is 0.188. The van der Waals surface area contributed by atoms with Crippen LogP contribution >= 0.6 is 0 Å². The lowest BCUT2D eigenvalue weighted by atomic mass is 10.1. The van der Waals surface area contributed by atoms with Gasteiger partial charge in [0.1, 0.15) is 5.82 Å². The number of benzene rings is 4. The predicted molar refractivity (Wildman–Crippen MR) is 157 cm³/mol. The number of hydrogen-bond acceptors (Lipinski definition) is 4. The molecule has 0 saturated carbocycles. The van der Waals surface area contributed by atoms with E-state index in [1.54, 1.807) is 31.2 Å². The van der Waals surface area contributed by atoms with Crippen LogP contribution in [0.1, 0.15) is 23.6 Å². The number of carbonyl (C=O) groups excluding carboxylic acids is 1. The van der Waals surface area contributed by atoms with Crippen LogP contribution in [0.15, 0.2) is 102 Å². The second-order valence-electron chi connectivity index (χ2n) is 9.66. The molecule has 1 heterocycles. The van der Waals surface area contributed by atoms with Gasteiger partial charge in [-0.3, -0.25) is 4.79 Å². The molecule has 4 aromatic carbocycles. The van der Waals surface area contributed by atoms with E-state index in [1.165, 1.54) is 11.1 Å². The van der Waals surface area contributed by atoms with E-state index < -0.39 is 9.84 Å². The Morgan fingerprint density at radius 2 is 1.59 bits per heavy atom. The normalized spacial score (nSPS) is 11.5. The summed E-state index contributed by atoms with van der Waals surface area (Å²) in [5.41, 5.74) is 6.95. The number of nitrogens with one attached hydrogen (secondary N) is 1. The summed E-state index contributed by atoms with van der Waals surface area (Å²) in [6.07, 6.45) is 1.05. The maximum absolute atomic E-state index is 12.7. The standard InChI is InChI=1S/C32H31N3O3S/c1-3-39(37,38)28-16-10-25(11-17-28)22-31(36)33-27-14-12-26(13-15-27)32-34-29-18-9-23(2)21-30(29)35(32)20-19-24-7-5-4-6-8-24/h4-18,21H,3,19-20,22H2,1-2H3,(H,33,36). The van der Waals surface area contributed by atoms with Crippen LogP contribution in [0, 0.1) is 6.92 Å². The van der Waals surface area contributed by atoms with Crippen molar-refractivity contribution in [3.05, 3.63) is 114 Å². The third-order valence-electron chi connectivity index (χ3n) is 6.82. The van der Waals surface area contributed by atoms with Crippen LogP contribution in [-0.2, 0) is 34.0 Å². The number of nitrogens with zero attached hydrogens (tertiary/aromatic N) is 2. The quantitative estimate of drug-likeness (QED) is 0.242. The molecule has 0 saturated heterocycles. The molecule has 0 bridgehead atoms. The Balaban J connectivity index is 1.32. The van der Waals surface area contributed by atoms with Crippen molar-refractivity contribution in [2.24, 2.45) is 0 Å². The van der Waals surface area contributed by atoms with Gasteiger partial charge < -0.3 is 9.88 Å². The Kier molecular flexibility index (Phi) is 7.61. The van der Waals surface area contributed by atoms with E-state index in [2.05, 4.69) is 59.3 Å². The number of amides is 1. The van der Waals surface area contributed by atoms with E-state index in [9.17, 15) is 13.2 Å². The van der Waals surface area contributed by atoms with Gasteiger partial charge in [-0.25, -0.2) is 13.4 Å². The Bertz CT molecular complexity index is 1710. The SMILES string of the molecule is CCS(=O)(=O)c1ccc(CC(=O)Nc2ccc(-c3nc4ccc(C)cc4n3CCc3ccccc3)cc2)cc1. The summed E-state index contributed by atoms with van der Waals surface area (Å²) < 4.78 is 26.3. The topological polar surface area (TPSA) is 81.1 Å². The molecule has 0 aliphatic heterocycles. The molecule has 1 aromatic heterocycles. The zero-order chi connectivity index (χ0) is 27.4. The summed E-state index contributed by atoms with van der Waals surface area (Å²) in [6.45, 7) is 4.51. The van der Waals surface area contributed by atoms with Crippen LogP contribution in [0.2, 0.25) is 0 Å². The highest BCUT2D eigenvalue weighted by atomic mass is 32.2. The van der Waals surface area contributed by atoms with Crippen molar-refractivity contribution in [2.75, 3.05) is 11.1 Å². The fourth-order valence-electron chi connectivity index (χ4n) is 4.64. The molecule has 0 unspecified atom stereocenters. The molecule has 7 heteroatoms. The van der Waals surface area contributed by atoms with Crippen molar-refractivity contribution in [1.82, 2.24) is 9.55 Å². The van der Waals surface area contributed by atoms with E-state index in [4.69, 9.17) is 4.98 Å². The van der Waals surface area contributed by atoms with Crippen LogP contribution < -0.4 is 5.32 Å². The van der Waals surface area contributed by atoms with Gasteiger partial charge in [0, 0.05) is 17.8 Å². The van der Waals surface area contributed by atoms with Crippen molar-refractivity contribution in [1.29, 1.82) is 0 Å². The minimum absolute atomic E-state index is 0.0474. The van der Waals surface area contributed by atoms with Gasteiger partial charge in [0.15, 0.2) is 9.84 Å². The number of rotatable bonds is 9. The Morgan fingerprint density at radius 1 is 0.872 bits per heavy atom. The minimum atomic E-state index is -3.26. The lowest BCUT2D eigenvalue weighted by Crippen LogP contribution is -2.14. The lowest BCUT2D eigenvalue weighted by Gasteiger charge is -2.11. The predicted octanol–water partition coefficient (Wildman–Crippen LogP) is 6.23. The monoisotopic (exact) mass is 537 g/mol. The average molecular weight is 538 g/mol. The molecule has 0 radical (unpaired) electrons. The molecular weight excluding hydrogens is 506 g/mol. The number of anilines is 1. The fourth-order valence-corrected chi connectivity index (χ4v) is 5.52. The van der Waals surface area contributed by atoms with Crippen molar-refractivity contribution in [3.63, 3.8) is 0 Å². The summed E-state index contributed by atoms with van der Waals surface area (Å²) in [5, 5.41) is 2.94. The number of aryl methyl sites for hydroxylation is 3. The van der Waals surface area contributed by atoms with Gasteiger partial charge in [-0.1, -0.05) is 55.5 Å². The van der Waals surface area contributed by atoms with Crippen molar-refractivity contribution >= 4 is 32.5 Å². The summed E-state index contributed by atoms with van der Waals surface area (Å²) in [5.74, 6) is 0.775. The molecular formula is C32H31N3O3S. The number of sulfone groups is 1. The Hall–Kier alpha value is -4.23. The van der Waals surface area contributed by atoms with Crippen LogP contribution in [0.25, 0.3) is 22.4 Å². The van der Waals surface area contributed by atoms with Gasteiger partial charge in [-0.15, -0.1) is 0 Å². The first-order valence-electron chi connectivity index (χ1n) is 13.1. The van der Waals surface area contributed by atoms with Gasteiger partial charge in [-0.05, 0) is 78.6 Å². The molecule has 198 valence electrons. The van der Waals surface area contributed by atoms with Crippen LogP contribution in [0.3, 0.4) is 0 Å². The highest BCUT2D eigenvalue weighted by molar-refractivity contribution is 7.91. The first-order valence-corrected chi connectivity index (χ1v) is 14.7. The smallest absolute Gasteiger partial charge is 0.228 e. The van der Waals surface area contributed by atoms with Crippen LogP contribution in [-0.4, -0.2) is 29.6 Å². The minimum Gasteiger partial charge on any atom is -0.326 e. The third kappa shape index (κ3) is 6.10. The molecule has 5 aromatic rings. The van der Waals surface area contributed by atoms with Crippen LogP contribution in [0.5, 0.6) is 0 Å². The van der Waals surface area contributed by atoms with Gasteiger partial charge in [0.05, 0.1) is 28.1 Å². The zero-order valence-corrected chi connectivity index (χ0v) is 22.9. The zero-order valence-electron chi connectivity index (χ0n) is 22.1. The average Bonchev–Trinajstić information content (AvgIpc) is 3.30. The Labute approximate surface area is 229 Å². The molecule has 0 atom stereocenters. The maximum Gasteiger partial charge on any atom is 0.228 e. The first-order chi connectivity index (χ1) is 18.8. The second-order valence-corrected chi connectivity index (χ2v) is 11.9. The molecule has 0 aliphatic carbocycles. The highest BCUT2D eigenvalue weighted by Gasteiger charge is 2.14. The Morgan fingerprint density at radius 3 is 2.28 bits per heavy atom. The molecule has 1 amide bonds. The molecule has 1 N–H and O–H groups in total. The maximum atomic E-state index is 12.7. The summed E-state index contributed by atoms with van der Waals surface area (Å²) in [4.78, 5) is 17.9. The first kappa shape index (κ1) is 26.4. The molecule has 6 nitrogen and oxygen atoms in total. The molecule has 5 rings (SSSR count). The van der Waals surface area contributed by atoms with Crippen molar-refractivity contribution in [3.8, 4) is 11.4 Å². The summed E-state index contributed by atoms with van der Waals surface area (Å²) in [7, 11) is -3.26. The van der Waals surface area contributed by atoms with E-state index in [1.807, 2.05) is 30.3 Å². The summed E-state index contributed by atoms with van der Waals surface area (Å²) in [6, 6.07) is 31.0. The molecule has 0 aliphatic rings. The van der Waals surface area contributed by atoms with Crippen molar-refractivity contribution < 1.29 is 13.2 Å².